The number of aryl methyl sites for hydroxylation is 1. The fourth-order valence-electron chi connectivity index (χ4n) is 2.88. The van der Waals surface area contributed by atoms with Crippen molar-refractivity contribution in [3.63, 3.8) is 0 Å². The molecule has 0 saturated carbocycles. The van der Waals surface area contributed by atoms with Gasteiger partial charge in [0.15, 0.2) is 5.16 Å². The lowest BCUT2D eigenvalue weighted by Gasteiger charge is -2.14. The van der Waals surface area contributed by atoms with Gasteiger partial charge in [0.25, 0.3) is 5.56 Å². The first-order valence-electron chi connectivity index (χ1n) is 9.04. The zero-order chi connectivity index (χ0) is 20.3. The molecule has 2 N–H and O–H groups in total. The van der Waals surface area contributed by atoms with Crippen molar-refractivity contribution >= 4 is 34.4 Å². The standard InChI is InChI=1S/C20H24N4O3S/c1-12(2)10-24-19(26)18-16(8-13(3)21-18)23-20(24)28-11-17(25)22-14-6-5-7-15(9-14)27-4/h5-9,12,21H,10-11H2,1-4H3,(H,22,25). The van der Waals surface area contributed by atoms with Gasteiger partial charge >= 0.3 is 0 Å². The number of methoxy groups -OCH3 is 1. The number of aromatic nitrogens is 3. The van der Waals surface area contributed by atoms with E-state index in [9.17, 15) is 9.59 Å². The lowest BCUT2D eigenvalue weighted by molar-refractivity contribution is -0.113. The van der Waals surface area contributed by atoms with Gasteiger partial charge in [-0.25, -0.2) is 4.98 Å². The Balaban J connectivity index is 1.80. The number of nitrogens with one attached hydrogen (secondary N) is 2. The Morgan fingerprint density at radius 1 is 1.36 bits per heavy atom. The van der Waals surface area contributed by atoms with E-state index in [0.29, 0.717) is 34.2 Å². The fraction of sp³-hybridized carbons (Fsp3) is 0.350. The minimum atomic E-state index is -0.172. The van der Waals surface area contributed by atoms with Gasteiger partial charge in [0.05, 0.1) is 18.4 Å². The summed E-state index contributed by atoms with van der Waals surface area (Å²) in [4.78, 5) is 32.9. The highest BCUT2D eigenvalue weighted by atomic mass is 32.2. The molecule has 1 aromatic carbocycles. The first-order valence-corrected chi connectivity index (χ1v) is 10.0. The Morgan fingerprint density at radius 2 is 2.14 bits per heavy atom. The van der Waals surface area contributed by atoms with E-state index in [1.807, 2.05) is 39.0 Å². The molecule has 0 spiro atoms. The summed E-state index contributed by atoms with van der Waals surface area (Å²) in [7, 11) is 1.58. The van der Waals surface area contributed by atoms with Crippen molar-refractivity contribution in [3.8, 4) is 5.75 Å². The second kappa shape index (κ2) is 8.52. The summed E-state index contributed by atoms with van der Waals surface area (Å²) < 4.78 is 6.81. The Kier molecular flexibility index (Phi) is 6.08. The van der Waals surface area contributed by atoms with Gasteiger partial charge in [-0.05, 0) is 31.0 Å². The topological polar surface area (TPSA) is 89.0 Å². The van der Waals surface area contributed by atoms with E-state index in [1.54, 1.807) is 23.8 Å². The molecule has 1 amide bonds. The smallest absolute Gasteiger partial charge is 0.278 e. The number of fused-ring (bicyclic) bond motifs is 1. The number of H-pyrrole nitrogens is 1. The maximum absolute atomic E-state index is 12.9. The van der Waals surface area contributed by atoms with Crippen molar-refractivity contribution in [2.75, 3.05) is 18.2 Å². The Morgan fingerprint density at radius 3 is 2.86 bits per heavy atom. The molecule has 3 aromatic rings. The summed E-state index contributed by atoms with van der Waals surface area (Å²) >= 11 is 1.26. The number of hydrogen-bond acceptors (Lipinski definition) is 5. The van der Waals surface area contributed by atoms with Gasteiger partial charge in [0, 0.05) is 24.0 Å². The van der Waals surface area contributed by atoms with Crippen LogP contribution in [0.3, 0.4) is 0 Å². The number of nitrogens with zero attached hydrogens (tertiary/aromatic N) is 2. The quantitative estimate of drug-likeness (QED) is 0.469. The van der Waals surface area contributed by atoms with Crippen LogP contribution in [0, 0.1) is 12.8 Å². The summed E-state index contributed by atoms with van der Waals surface area (Å²) in [5, 5.41) is 3.39. The molecule has 0 aliphatic heterocycles. The zero-order valence-corrected chi connectivity index (χ0v) is 17.2. The first kappa shape index (κ1) is 20.0. The number of carbonyl (C=O) groups is 1. The largest absolute Gasteiger partial charge is 0.497 e. The molecule has 0 aliphatic carbocycles. The molecule has 0 atom stereocenters. The van der Waals surface area contributed by atoms with E-state index in [-0.39, 0.29) is 23.1 Å². The first-order chi connectivity index (χ1) is 13.4. The number of thioether (sulfide) groups is 1. The number of rotatable bonds is 7. The highest BCUT2D eigenvalue weighted by molar-refractivity contribution is 7.99. The normalized spacial score (nSPS) is 11.2. The molecular weight excluding hydrogens is 376 g/mol. The number of aromatic amines is 1. The summed E-state index contributed by atoms with van der Waals surface area (Å²) in [5.74, 6) is 0.925. The molecular formula is C20H24N4O3S. The molecule has 2 aromatic heterocycles. The molecule has 0 radical (unpaired) electrons. The van der Waals surface area contributed by atoms with Gasteiger partial charge in [-0.3, -0.25) is 14.2 Å². The molecule has 148 valence electrons. The molecule has 0 bridgehead atoms. The highest BCUT2D eigenvalue weighted by Crippen LogP contribution is 2.21. The molecule has 8 heteroatoms. The lowest BCUT2D eigenvalue weighted by atomic mass is 10.2. The molecule has 0 saturated heterocycles. The number of anilines is 1. The summed E-state index contributed by atoms with van der Waals surface area (Å²) in [6, 6.07) is 9.02. The Labute approximate surface area is 167 Å². The van der Waals surface area contributed by atoms with Gasteiger partial charge in [0.1, 0.15) is 11.3 Å². The minimum absolute atomic E-state index is 0.109. The van der Waals surface area contributed by atoms with Crippen LogP contribution in [0.1, 0.15) is 19.5 Å². The van der Waals surface area contributed by atoms with Crippen LogP contribution in [-0.4, -0.2) is 33.3 Å². The van der Waals surface area contributed by atoms with Crippen molar-refractivity contribution in [2.24, 2.45) is 5.92 Å². The van der Waals surface area contributed by atoms with Crippen LogP contribution in [0.15, 0.2) is 40.3 Å². The van der Waals surface area contributed by atoms with E-state index >= 15 is 0 Å². The number of hydrogen-bond donors (Lipinski definition) is 2. The molecule has 7 nitrogen and oxygen atoms in total. The third-order valence-corrected chi connectivity index (χ3v) is 5.05. The lowest BCUT2D eigenvalue weighted by Crippen LogP contribution is -2.26. The summed E-state index contributed by atoms with van der Waals surface area (Å²) in [6.45, 7) is 6.52. The third-order valence-electron chi connectivity index (χ3n) is 4.07. The van der Waals surface area contributed by atoms with Crippen LogP contribution >= 0.6 is 11.8 Å². The van der Waals surface area contributed by atoms with E-state index in [0.717, 1.165) is 5.69 Å². The Bertz CT molecular complexity index is 1060. The van der Waals surface area contributed by atoms with Crippen molar-refractivity contribution < 1.29 is 9.53 Å². The van der Waals surface area contributed by atoms with E-state index in [4.69, 9.17) is 4.74 Å². The van der Waals surface area contributed by atoms with Crippen molar-refractivity contribution in [3.05, 3.63) is 46.4 Å². The molecule has 0 unspecified atom stereocenters. The third kappa shape index (κ3) is 4.56. The minimum Gasteiger partial charge on any atom is -0.497 e. The van der Waals surface area contributed by atoms with Gasteiger partial charge in [-0.2, -0.15) is 0 Å². The van der Waals surface area contributed by atoms with Crippen molar-refractivity contribution in [1.29, 1.82) is 0 Å². The van der Waals surface area contributed by atoms with E-state index < -0.39 is 0 Å². The van der Waals surface area contributed by atoms with Crippen molar-refractivity contribution in [1.82, 2.24) is 14.5 Å². The van der Waals surface area contributed by atoms with Gasteiger partial charge < -0.3 is 15.0 Å². The maximum atomic E-state index is 12.9. The number of amides is 1. The van der Waals surface area contributed by atoms with Gasteiger partial charge in [0.2, 0.25) is 5.91 Å². The van der Waals surface area contributed by atoms with E-state index in [2.05, 4.69) is 15.3 Å². The summed E-state index contributed by atoms with van der Waals surface area (Å²) in [6.07, 6.45) is 0. The molecule has 0 fully saturated rings. The van der Waals surface area contributed by atoms with Crippen LogP contribution < -0.4 is 15.6 Å². The monoisotopic (exact) mass is 400 g/mol. The predicted molar refractivity (Wildman–Crippen MR) is 112 cm³/mol. The molecule has 0 aliphatic rings. The van der Waals surface area contributed by atoms with Gasteiger partial charge in [-0.1, -0.05) is 31.7 Å². The van der Waals surface area contributed by atoms with Crippen LogP contribution in [-0.2, 0) is 11.3 Å². The van der Waals surface area contributed by atoms with Crippen LogP contribution in [0.4, 0.5) is 5.69 Å². The highest BCUT2D eigenvalue weighted by Gasteiger charge is 2.16. The molecule has 3 rings (SSSR count). The predicted octanol–water partition coefficient (Wildman–Crippen LogP) is 3.43. The average molecular weight is 401 g/mol. The van der Waals surface area contributed by atoms with Crippen LogP contribution in [0.2, 0.25) is 0 Å². The average Bonchev–Trinajstić information content (AvgIpc) is 3.03. The van der Waals surface area contributed by atoms with Gasteiger partial charge in [-0.15, -0.1) is 0 Å². The zero-order valence-electron chi connectivity index (χ0n) is 16.4. The summed E-state index contributed by atoms with van der Waals surface area (Å²) in [5.41, 5.74) is 2.56. The molecule has 28 heavy (non-hydrogen) atoms. The number of ether oxygens (including phenoxy) is 1. The van der Waals surface area contributed by atoms with Crippen LogP contribution in [0.25, 0.3) is 11.0 Å². The SMILES string of the molecule is COc1cccc(NC(=O)CSc2nc3cc(C)[nH]c3c(=O)n2CC(C)C)c1. The van der Waals surface area contributed by atoms with Crippen LogP contribution in [0.5, 0.6) is 5.75 Å². The van der Waals surface area contributed by atoms with Crippen molar-refractivity contribution in [2.45, 2.75) is 32.5 Å². The fourth-order valence-corrected chi connectivity index (χ4v) is 3.68. The second-order valence-corrected chi connectivity index (χ2v) is 7.93. The number of benzene rings is 1. The molecule has 2 heterocycles. The van der Waals surface area contributed by atoms with E-state index in [1.165, 1.54) is 11.8 Å². The maximum Gasteiger partial charge on any atom is 0.278 e. The second-order valence-electron chi connectivity index (χ2n) is 6.99. The number of carbonyl (C=O) groups excluding carboxylic acids is 1. The Hall–Kier alpha value is -2.74.